The Morgan fingerprint density at radius 2 is 1.89 bits per heavy atom. The number of rotatable bonds is 7. The minimum atomic E-state index is -3.96. The molecule has 3 rings (SSSR count). The van der Waals surface area contributed by atoms with Crippen molar-refractivity contribution in [3.63, 3.8) is 0 Å². The van der Waals surface area contributed by atoms with E-state index < -0.39 is 10.0 Å². The molecule has 0 aliphatic heterocycles. The third-order valence-electron chi connectivity index (χ3n) is 3.93. The van der Waals surface area contributed by atoms with Crippen LogP contribution in [0.3, 0.4) is 0 Å². The smallest absolute Gasteiger partial charge is 0.245 e. The predicted octanol–water partition coefficient (Wildman–Crippen LogP) is 4.73. The van der Waals surface area contributed by atoms with Crippen LogP contribution in [0.4, 0.5) is 0 Å². The highest BCUT2D eigenvalue weighted by Gasteiger charge is 2.28. The Bertz CT molecular complexity index is 1100. The van der Waals surface area contributed by atoms with Crippen LogP contribution in [0.1, 0.15) is 11.5 Å². The Morgan fingerprint density at radius 1 is 1.18 bits per heavy atom. The van der Waals surface area contributed by atoms with Crippen molar-refractivity contribution in [3.05, 3.63) is 76.6 Å². The molecule has 2 aromatic carbocycles. The lowest BCUT2D eigenvalue weighted by Gasteiger charge is -2.19. The summed E-state index contributed by atoms with van der Waals surface area (Å²) in [7, 11) is -3.96. The van der Waals surface area contributed by atoms with E-state index in [-0.39, 0.29) is 33.9 Å². The van der Waals surface area contributed by atoms with Gasteiger partial charge in [-0.15, -0.1) is 6.58 Å². The van der Waals surface area contributed by atoms with Crippen molar-refractivity contribution >= 4 is 33.2 Å². The van der Waals surface area contributed by atoms with Crippen LogP contribution < -0.4 is 0 Å². The first-order valence-corrected chi connectivity index (χ1v) is 10.5. The molecule has 9 heteroatoms. The van der Waals surface area contributed by atoms with Gasteiger partial charge in [-0.25, -0.2) is 8.42 Å². The molecule has 146 valence electrons. The normalized spacial score (nSPS) is 11.7. The Balaban J connectivity index is 1.90. The second kappa shape index (κ2) is 8.45. The van der Waals surface area contributed by atoms with Crippen LogP contribution in [-0.4, -0.2) is 29.4 Å². The predicted molar refractivity (Wildman–Crippen MR) is 109 cm³/mol. The van der Waals surface area contributed by atoms with Crippen LogP contribution >= 0.6 is 23.2 Å². The molecule has 0 spiro atoms. The number of benzene rings is 2. The summed E-state index contributed by atoms with van der Waals surface area (Å²) < 4.78 is 32.5. The highest BCUT2D eigenvalue weighted by Crippen LogP contribution is 2.28. The van der Waals surface area contributed by atoms with Gasteiger partial charge in [-0.1, -0.05) is 64.3 Å². The van der Waals surface area contributed by atoms with E-state index in [0.29, 0.717) is 5.82 Å². The molecule has 0 saturated heterocycles. The quantitative estimate of drug-likeness (QED) is 0.499. The van der Waals surface area contributed by atoms with Gasteiger partial charge in [-0.2, -0.15) is 9.29 Å². The van der Waals surface area contributed by atoms with Gasteiger partial charge in [-0.3, -0.25) is 0 Å². The van der Waals surface area contributed by atoms with Gasteiger partial charge in [0.05, 0.1) is 11.6 Å². The van der Waals surface area contributed by atoms with E-state index in [1.165, 1.54) is 24.3 Å². The largest absolute Gasteiger partial charge is 0.338 e. The topological polar surface area (TPSA) is 76.3 Å². The zero-order valence-corrected chi connectivity index (χ0v) is 17.3. The van der Waals surface area contributed by atoms with Crippen molar-refractivity contribution in [1.82, 2.24) is 14.4 Å². The number of sulfonamides is 1. The van der Waals surface area contributed by atoms with Crippen LogP contribution in [-0.2, 0) is 16.6 Å². The number of hydrogen-bond acceptors (Lipinski definition) is 5. The number of aromatic nitrogens is 2. The second-order valence-electron chi connectivity index (χ2n) is 6.04. The fraction of sp³-hybridized carbons (Fsp3) is 0.158. The molecular formula is C19H17Cl2N3O3S. The lowest BCUT2D eigenvalue weighted by Crippen LogP contribution is -2.31. The molecule has 0 radical (unpaired) electrons. The Morgan fingerprint density at radius 3 is 2.57 bits per heavy atom. The lowest BCUT2D eigenvalue weighted by atomic mass is 10.1. The third-order valence-corrected chi connectivity index (χ3v) is 6.46. The minimum absolute atomic E-state index is 0.0351. The number of nitrogens with zero attached hydrogens (tertiary/aromatic N) is 3. The standard InChI is InChI=1S/C19H17Cl2N3O3S/c1-3-10-24(28(25,26)17-11-15(20)8-9-16(17)21)12-18-22-19(23-27-18)14-6-4-13(2)5-7-14/h3-9,11H,1,10,12H2,2H3. The second-order valence-corrected chi connectivity index (χ2v) is 8.79. The van der Waals surface area contributed by atoms with Gasteiger partial charge >= 0.3 is 0 Å². The molecule has 0 aliphatic carbocycles. The van der Waals surface area contributed by atoms with Gasteiger partial charge in [0.2, 0.25) is 21.7 Å². The summed E-state index contributed by atoms with van der Waals surface area (Å²) in [5.41, 5.74) is 1.88. The zero-order valence-electron chi connectivity index (χ0n) is 15.0. The fourth-order valence-corrected chi connectivity index (χ4v) is 4.59. The van der Waals surface area contributed by atoms with Gasteiger partial charge in [-0.05, 0) is 25.1 Å². The molecule has 3 aromatic rings. The fourth-order valence-electron chi connectivity index (χ4n) is 2.50. The maximum atomic E-state index is 13.1. The van der Waals surface area contributed by atoms with Crippen LogP contribution in [0.2, 0.25) is 10.0 Å². The number of hydrogen-bond donors (Lipinski definition) is 0. The molecule has 28 heavy (non-hydrogen) atoms. The summed E-state index contributed by atoms with van der Waals surface area (Å²) >= 11 is 12.0. The molecule has 0 aliphatic rings. The molecule has 0 N–H and O–H groups in total. The first kappa shape index (κ1) is 20.5. The molecule has 0 fully saturated rings. The van der Waals surface area contributed by atoms with E-state index in [9.17, 15) is 8.42 Å². The van der Waals surface area contributed by atoms with Crippen molar-refractivity contribution in [2.75, 3.05) is 6.54 Å². The van der Waals surface area contributed by atoms with Crippen LogP contribution in [0.15, 0.2) is 64.5 Å². The first-order chi connectivity index (χ1) is 13.3. The summed E-state index contributed by atoms with van der Waals surface area (Å²) in [6.07, 6.45) is 1.47. The molecule has 0 unspecified atom stereocenters. The van der Waals surface area contributed by atoms with Crippen LogP contribution in [0, 0.1) is 6.92 Å². The third kappa shape index (κ3) is 4.44. The average molecular weight is 438 g/mol. The van der Waals surface area contributed by atoms with Crippen molar-refractivity contribution < 1.29 is 12.9 Å². The minimum Gasteiger partial charge on any atom is -0.338 e. The molecule has 1 heterocycles. The highest BCUT2D eigenvalue weighted by molar-refractivity contribution is 7.89. The summed E-state index contributed by atoms with van der Waals surface area (Å²) in [6.45, 7) is 5.50. The summed E-state index contributed by atoms with van der Waals surface area (Å²) in [5.74, 6) is 0.533. The van der Waals surface area contributed by atoms with E-state index in [4.69, 9.17) is 27.7 Å². The lowest BCUT2D eigenvalue weighted by molar-refractivity contribution is 0.327. The van der Waals surface area contributed by atoms with E-state index in [1.54, 1.807) is 0 Å². The van der Waals surface area contributed by atoms with Crippen molar-refractivity contribution in [2.45, 2.75) is 18.4 Å². The number of aryl methyl sites for hydroxylation is 1. The van der Waals surface area contributed by atoms with Gasteiger partial charge in [0.15, 0.2) is 0 Å². The SMILES string of the molecule is C=CCN(Cc1nc(-c2ccc(C)cc2)no1)S(=O)(=O)c1cc(Cl)ccc1Cl. The summed E-state index contributed by atoms with van der Waals surface area (Å²) in [4.78, 5) is 4.21. The van der Waals surface area contributed by atoms with Crippen molar-refractivity contribution in [2.24, 2.45) is 0 Å². The Kier molecular flexibility index (Phi) is 6.20. The van der Waals surface area contributed by atoms with Crippen LogP contribution in [0.5, 0.6) is 0 Å². The zero-order chi connectivity index (χ0) is 20.3. The number of halogens is 2. The van der Waals surface area contributed by atoms with Crippen molar-refractivity contribution in [1.29, 1.82) is 0 Å². The molecular weight excluding hydrogens is 421 g/mol. The molecule has 0 atom stereocenters. The molecule has 6 nitrogen and oxygen atoms in total. The summed E-state index contributed by atoms with van der Waals surface area (Å²) in [6, 6.07) is 11.9. The van der Waals surface area contributed by atoms with E-state index in [2.05, 4.69) is 16.7 Å². The molecule has 0 saturated carbocycles. The molecule has 0 amide bonds. The van der Waals surface area contributed by atoms with E-state index in [1.807, 2.05) is 31.2 Å². The van der Waals surface area contributed by atoms with Gasteiger partial charge in [0.1, 0.15) is 4.90 Å². The van der Waals surface area contributed by atoms with Gasteiger partial charge < -0.3 is 4.52 Å². The van der Waals surface area contributed by atoms with E-state index >= 15 is 0 Å². The Hall–Kier alpha value is -2.19. The molecule has 0 bridgehead atoms. The summed E-state index contributed by atoms with van der Waals surface area (Å²) in [5, 5.41) is 4.27. The highest BCUT2D eigenvalue weighted by atomic mass is 35.5. The molecule has 1 aromatic heterocycles. The monoisotopic (exact) mass is 437 g/mol. The van der Waals surface area contributed by atoms with Gasteiger partial charge in [0, 0.05) is 17.1 Å². The first-order valence-electron chi connectivity index (χ1n) is 8.27. The van der Waals surface area contributed by atoms with Crippen molar-refractivity contribution in [3.8, 4) is 11.4 Å². The van der Waals surface area contributed by atoms with Gasteiger partial charge in [0.25, 0.3) is 0 Å². The van der Waals surface area contributed by atoms with E-state index in [0.717, 1.165) is 15.4 Å². The average Bonchev–Trinajstić information content (AvgIpc) is 3.12. The Labute approximate surface area is 173 Å². The van der Waals surface area contributed by atoms with Crippen LogP contribution in [0.25, 0.3) is 11.4 Å². The maximum absolute atomic E-state index is 13.1. The maximum Gasteiger partial charge on any atom is 0.245 e.